The van der Waals surface area contributed by atoms with E-state index >= 15 is 0 Å². The molecule has 2 atom stereocenters. The second kappa shape index (κ2) is 8.03. The van der Waals surface area contributed by atoms with Crippen LogP contribution in [-0.2, 0) is 11.0 Å². The maximum absolute atomic E-state index is 12.6. The van der Waals surface area contributed by atoms with Gasteiger partial charge in [-0.1, -0.05) is 30.3 Å². The molecule has 2 rings (SSSR count). The second-order valence-electron chi connectivity index (χ2n) is 5.91. The summed E-state index contributed by atoms with van der Waals surface area (Å²) in [6.45, 7) is 3.20. The van der Waals surface area contributed by atoms with Crippen molar-refractivity contribution in [2.75, 3.05) is 0 Å². The molecule has 0 bridgehead atoms. The quantitative estimate of drug-likeness (QED) is 0.850. The molecule has 0 saturated heterocycles. The molecule has 0 heterocycles. The van der Waals surface area contributed by atoms with Gasteiger partial charge in [0.15, 0.2) is 0 Å². The van der Waals surface area contributed by atoms with Crippen LogP contribution in [-0.4, -0.2) is 17.9 Å². The minimum atomic E-state index is -4.40. The van der Waals surface area contributed by atoms with E-state index in [1.54, 1.807) is 37.3 Å². The van der Waals surface area contributed by atoms with Crippen LogP contribution in [0.1, 0.15) is 41.4 Å². The lowest BCUT2D eigenvalue weighted by atomic mass is 10.1. The standard InChI is InChI=1S/C19H19F3N2O2/c1-12(14-8-10-16(11-9-14)19(20,21)22)23-17(25)13(2)24-18(26)15-6-4-3-5-7-15/h3-13H,1-2H3,(H,23,25)(H,24,26). The highest BCUT2D eigenvalue weighted by molar-refractivity contribution is 5.97. The molecule has 0 saturated carbocycles. The van der Waals surface area contributed by atoms with Crippen LogP contribution < -0.4 is 10.6 Å². The molecule has 4 nitrogen and oxygen atoms in total. The molecule has 2 aromatic carbocycles. The first-order valence-corrected chi connectivity index (χ1v) is 8.02. The molecule has 0 aliphatic heterocycles. The van der Waals surface area contributed by atoms with Gasteiger partial charge in [0.1, 0.15) is 6.04 Å². The van der Waals surface area contributed by atoms with E-state index in [0.29, 0.717) is 11.1 Å². The van der Waals surface area contributed by atoms with Crippen LogP contribution >= 0.6 is 0 Å². The number of carbonyl (C=O) groups excluding carboxylic acids is 2. The lowest BCUT2D eigenvalue weighted by Crippen LogP contribution is -2.45. The minimum Gasteiger partial charge on any atom is -0.348 e. The van der Waals surface area contributed by atoms with Crippen molar-refractivity contribution in [3.05, 3.63) is 71.3 Å². The van der Waals surface area contributed by atoms with Crippen molar-refractivity contribution >= 4 is 11.8 Å². The summed E-state index contributed by atoms with van der Waals surface area (Å²) < 4.78 is 37.8. The smallest absolute Gasteiger partial charge is 0.348 e. The number of alkyl halides is 3. The van der Waals surface area contributed by atoms with Crippen molar-refractivity contribution in [1.29, 1.82) is 0 Å². The molecule has 138 valence electrons. The highest BCUT2D eigenvalue weighted by Crippen LogP contribution is 2.29. The van der Waals surface area contributed by atoms with E-state index < -0.39 is 29.7 Å². The third-order valence-electron chi connectivity index (χ3n) is 3.87. The van der Waals surface area contributed by atoms with Gasteiger partial charge in [-0.3, -0.25) is 9.59 Å². The largest absolute Gasteiger partial charge is 0.416 e. The highest BCUT2D eigenvalue weighted by Gasteiger charge is 2.30. The number of carbonyl (C=O) groups is 2. The first kappa shape index (κ1) is 19.5. The fourth-order valence-corrected chi connectivity index (χ4v) is 2.32. The number of nitrogens with one attached hydrogen (secondary N) is 2. The number of amides is 2. The summed E-state index contributed by atoms with van der Waals surface area (Å²) >= 11 is 0. The molecule has 0 aliphatic rings. The zero-order chi connectivity index (χ0) is 19.3. The maximum atomic E-state index is 12.6. The Labute approximate surface area is 149 Å². The zero-order valence-electron chi connectivity index (χ0n) is 14.3. The number of halogens is 3. The number of rotatable bonds is 5. The van der Waals surface area contributed by atoms with Gasteiger partial charge in [0.25, 0.3) is 5.91 Å². The van der Waals surface area contributed by atoms with Gasteiger partial charge in [-0.25, -0.2) is 0 Å². The molecule has 0 aromatic heterocycles. The van der Waals surface area contributed by atoms with Crippen molar-refractivity contribution in [3.63, 3.8) is 0 Å². The van der Waals surface area contributed by atoms with Gasteiger partial charge in [-0.2, -0.15) is 13.2 Å². The molecule has 0 fully saturated rings. The van der Waals surface area contributed by atoms with Gasteiger partial charge in [0, 0.05) is 5.56 Å². The van der Waals surface area contributed by atoms with Crippen LogP contribution in [0.4, 0.5) is 13.2 Å². The summed E-state index contributed by atoms with van der Waals surface area (Å²) in [6.07, 6.45) is -4.40. The van der Waals surface area contributed by atoms with E-state index in [-0.39, 0.29) is 5.91 Å². The lowest BCUT2D eigenvalue weighted by Gasteiger charge is -2.19. The Balaban J connectivity index is 1.94. The SMILES string of the molecule is CC(NC(=O)c1ccccc1)C(=O)NC(C)c1ccc(C(F)(F)F)cc1. The Hall–Kier alpha value is -2.83. The van der Waals surface area contributed by atoms with Crippen LogP contribution in [0.15, 0.2) is 54.6 Å². The van der Waals surface area contributed by atoms with Crippen LogP contribution in [0.25, 0.3) is 0 Å². The molecule has 26 heavy (non-hydrogen) atoms. The van der Waals surface area contributed by atoms with E-state index in [2.05, 4.69) is 10.6 Å². The fraction of sp³-hybridized carbons (Fsp3) is 0.263. The number of hydrogen-bond acceptors (Lipinski definition) is 2. The molecule has 0 aliphatic carbocycles. The summed E-state index contributed by atoms with van der Waals surface area (Å²) in [5, 5.41) is 5.26. The van der Waals surface area contributed by atoms with E-state index in [4.69, 9.17) is 0 Å². The van der Waals surface area contributed by atoms with E-state index in [9.17, 15) is 22.8 Å². The predicted octanol–water partition coefficient (Wildman–Crippen LogP) is 3.70. The van der Waals surface area contributed by atoms with Crippen molar-refractivity contribution in [2.45, 2.75) is 32.1 Å². The first-order chi connectivity index (χ1) is 12.2. The molecule has 0 spiro atoms. The van der Waals surface area contributed by atoms with Crippen LogP contribution in [0, 0.1) is 0 Å². The molecule has 2 unspecified atom stereocenters. The second-order valence-corrected chi connectivity index (χ2v) is 5.91. The average Bonchev–Trinajstić information content (AvgIpc) is 2.61. The van der Waals surface area contributed by atoms with Crippen LogP contribution in [0.5, 0.6) is 0 Å². The third kappa shape index (κ3) is 5.08. The Morgan fingerprint density at radius 1 is 0.885 bits per heavy atom. The number of hydrogen-bond donors (Lipinski definition) is 2. The maximum Gasteiger partial charge on any atom is 0.416 e. The molecular weight excluding hydrogens is 345 g/mol. The lowest BCUT2D eigenvalue weighted by molar-refractivity contribution is -0.137. The third-order valence-corrected chi connectivity index (χ3v) is 3.87. The number of benzene rings is 2. The van der Waals surface area contributed by atoms with Gasteiger partial charge in [-0.05, 0) is 43.7 Å². The van der Waals surface area contributed by atoms with E-state index in [1.165, 1.54) is 19.1 Å². The molecule has 7 heteroatoms. The molecule has 2 N–H and O–H groups in total. The highest BCUT2D eigenvalue weighted by atomic mass is 19.4. The Kier molecular flexibility index (Phi) is 6.02. The zero-order valence-corrected chi connectivity index (χ0v) is 14.3. The molecule has 2 amide bonds. The summed E-state index contributed by atoms with van der Waals surface area (Å²) in [6, 6.07) is 11.8. The van der Waals surface area contributed by atoms with Crippen LogP contribution in [0.3, 0.4) is 0 Å². The van der Waals surface area contributed by atoms with Crippen molar-refractivity contribution < 1.29 is 22.8 Å². The van der Waals surface area contributed by atoms with Gasteiger partial charge >= 0.3 is 6.18 Å². The predicted molar refractivity (Wildman–Crippen MR) is 91.4 cm³/mol. The topological polar surface area (TPSA) is 58.2 Å². The summed E-state index contributed by atoms with van der Waals surface area (Å²) in [5.74, 6) is -0.808. The van der Waals surface area contributed by atoms with Gasteiger partial charge < -0.3 is 10.6 Å². The molecule has 0 radical (unpaired) electrons. The van der Waals surface area contributed by atoms with Crippen LogP contribution in [0.2, 0.25) is 0 Å². The first-order valence-electron chi connectivity index (χ1n) is 8.02. The Morgan fingerprint density at radius 3 is 2.00 bits per heavy atom. The minimum absolute atomic E-state index is 0.379. The monoisotopic (exact) mass is 364 g/mol. The van der Waals surface area contributed by atoms with E-state index in [1.807, 2.05) is 0 Å². The van der Waals surface area contributed by atoms with Crippen molar-refractivity contribution in [2.24, 2.45) is 0 Å². The van der Waals surface area contributed by atoms with Gasteiger partial charge in [-0.15, -0.1) is 0 Å². The van der Waals surface area contributed by atoms with Gasteiger partial charge in [0.05, 0.1) is 11.6 Å². The van der Waals surface area contributed by atoms with Gasteiger partial charge in [0.2, 0.25) is 5.91 Å². The molecule has 2 aromatic rings. The average molecular weight is 364 g/mol. The fourth-order valence-electron chi connectivity index (χ4n) is 2.32. The Bertz CT molecular complexity index is 759. The van der Waals surface area contributed by atoms with Crippen molar-refractivity contribution in [3.8, 4) is 0 Å². The summed E-state index contributed by atoms with van der Waals surface area (Å²) in [5.41, 5.74) is 0.221. The summed E-state index contributed by atoms with van der Waals surface area (Å²) in [7, 11) is 0. The molecular formula is C19H19F3N2O2. The van der Waals surface area contributed by atoms with Crippen molar-refractivity contribution in [1.82, 2.24) is 10.6 Å². The Morgan fingerprint density at radius 2 is 1.46 bits per heavy atom. The van der Waals surface area contributed by atoms with E-state index in [0.717, 1.165) is 12.1 Å². The normalized spacial score (nSPS) is 13.6. The summed E-state index contributed by atoms with van der Waals surface area (Å²) in [4.78, 5) is 24.3.